The van der Waals surface area contributed by atoms with E-state index in [1.54, 1.807) is 24.1 Å². The molecule has 0 radical (unpaired) electrons. The third-order valence-corrected chi connectivity index (χ3v) is 8.14. The van der Waals surface area contributed by atoms with Crippen LogP contribution in [0.15, 0.2) is 82.0 Å². The molecular formula is C36H42N2O5. The number of benzene rings is 3. The molecule has 7 nitrogen and oxygen atoms in total. The second-order valence-corrected chi connectivity index (χ2v) is 11.2. The standard InChI is InChI=1S/C36H42N2O5/c1-4-6-20-37(21-7-5-2)22-13-23-38-33(32-34(39)28-16-11-12-17-29(28)43-35(32)36(38)40)27-18-19-30(31(24-27)41-3)42-25-26-14-9-8-10-15-26/h8-12,14-19,24,33H,4-7,13,20-23,25H2,1-3H3. The summed E-state index contributed by atoms with van der Waals surface area (Å²) in [6.07, 6.45) is 5.42. The van der Waals surface area contributed by atoms with Crippen LogP contribution in [-0.4, -0.2) is 49.0 Å². The number of fused-ring (bicyclic) bond motifs is 2. The highest BCUT2D eigenvalue weighted by Crippen LogP contribution is 2.41. The first-order valence-electron chi connectivity index (χ1n) is 15.5. The summed E-state index contributed by atoms with van der Waals surface area (Å²) in [4.78, 5) is 32.1. The third kappa shape index (κ3) is 6.78. The summed E-state index contributed by atoms with van der Waals surface area (Å²) >= 11 is 0. The number of methoxy groups -OCH3 is 1. The molecule has 2 heterocycles. The van der Waals surface area contributed by atoms with Crippen LogP contribution in [0, 0.1) is 0 Å². The summed E-state index contributed by atoms with van der Waals surface area (Å²) in [6, 6.07) is 22.1. The minimum atomic E-state index is -0.583. The molecule has 0 spiro atoms. The van der Waals surface area contributed by atoms with Crippen molar-refractivity contribution < 1.29 is 18.7 Å². The molecule has 1 unspecified atom stereocenters. The predicted octanol–water partition coefficient (Wildman–Crippen LogP) is 7.22. The van der Waals surface area contributed by atoms with Crippen LogP contribution in [0.5, 0.6) is 11.5 Å². The highest BCUT2D eigenvalue weighted by Gasteiger charge is 2.42. The SMILES string of the molecule is CCCCN(CCCC)CCCN1C(=O)c2oc3ccccc3c(=O)c2C1c1ccc(OCc2ccccc2)c(OC)c1. The van der Waals surface area contributed by atoms with Crippen LogP contribution >= 0.6 is 0 Å². The number of hydrogen-bond donors (Lipinski definition) is 0. The van der Waals surface area contributed by atoms with Gasteiger partial charge in [0.15, 0.2) is 16.9 Å². The van der Waals surface area contributed by atoms with Crippen molar-refractivity contribution in [2.24, 2.45) is 0 Å². The average Bonchev–Trinajstić information content (AvgIpc) is 3.32. The molecule has 1 aromatic heterocycles. The van der Waals surface area contributed by atoms with Gasteiger partial charge in [0.25, 0.3) is 5.91 Å². The van der Waals surface area contributed by atoms with E-state index >= 15 is 0 Å². The van der Waals surface area contributed by atoms with E-state index in [-0.39, 0.29) is 17.1 Å². The summed E-state index contributed by atoms with van der Waals surface area (Å²) in [5, 5.41) is 0.473. The van der Waals surface area contributed by atoms with Crippen LogP contribution in [0.3, 0.4) is 0 Å². The molecule has 1 amide bonds. The van der Waals surface area contributed by atoms with Crippen molar-refractivity contribution in [2.75, 3.05) is 33.3 Å². The summed E-state index contributed by atoms with van der Waals surface area (Å²) in [6.45, 7) is 8.34. The monoisotopic (exact) mass is 582 g/mol. The number of carbonyl (C=O) groups is 1. The van der Waals surface area contributed by atoms with E-state index in [2.05, 4.69) is 18.7 Å². The van der Waals surface area contributed by atoms with Crippen molar-refractivity contribution in [3.05, 3.63) is 105 Å². The Labute approximate surface area is 254 Å². The van der Waals surface area contributed by atoms with Crippen molar-refractivity contribution in [3.8, 4) is 11.5 Å². The van der Waals surface area contributed by atoms with E-state index in [9.17, 15) is 9.59 Å². The lowest BCUT2D eigenvalue weighted by molar-refractivity contribution is 0.0719. The molecule has 0 bridgehead atoms. The van der Waals surface area contributed by atoms with Gasteiger partial charge in [0.2, 0.25) is 5.76 Å². The summed E-state index contributed by atoms with van der Waals surface area (Å²) in [7, 11) is 1.60. The maximum absolute atomic E-state index is 13.9. The third-order valence-electron chi connectivity index (χ3n) is 8.14. The summed E-state index contributed by atoms with van der Waals surface area (Å²) in [5.41, 5.74) is 2.47. The molecule has 226 valence electrons. The largest absolute Gasteiger partial charge is 0.493 e. The molecule has 0 saturated carbocycles. The highest BCUT2D eigenvalue weighted by molar-refractivity contribution is 5.99. The smallest absolute Gasteiger partial charge is 0.290 e. The van der Waals surface area contributed by atoms with Gasteiger partial charge in [-0.2, -0.15) is 0 Å². The summed E-state index contributed by atoms with van der Waals surface area (Å²) < 4.78 is 18.0. The van der Waals surface area contributed by atoms with E-state index < -0.39 is 6.04 Å². The lowest BCUT2D eigenvalue weighted by atomic mass is 9.98. The van der Waals surface area contributed by atoms with Crippen LogP contribution in [0.1, 0.15) is 79.2 Å². The minimum Gasteiger partial charge on any atom is -0.493 e. The van der Waals surface area contributed by atoms with Crippen LogP contribution in [-0.2, 0) is 6.61 Å². The molecule has 0 saturated heterocycles. The van der Waals surface area contributed by atoms with Gasteiger partial charge in [-0.3, -0.25) is 9.59 Å². The molecule has 43 heavy (non-hydrogen) atoms. The van der Waals surface area contributed by atoms with Crippen LogP contribution in [0.4, 0.5) is 0 Å². The zero-order valence-electron chi connectivity index (χ0n) is 25.5. The van der Waals surface area contributed by atoms with Crippen LogP contribution in [0.2, 0.25) is 0 Å². The Bertz CT molecular complexity index is 1570. The van der Waals surface area contributed by atoms with Crippen LogP contribution < -0.4 is 14.9 Å². The van der Waals surface area contributed by atoms with E-state index in [0.29, 0.717) is 41.2 Å². The predicted molar refractivity (Wildman–Crippen MR) is 170 cm³/mol. The van der Waals surface area contributed by atoms with Crippen molar-refractivity contribution in [1.82, 2.24) is 9.80 Å². The molecule has 7 heteroatoms. The fourth-order valence-corrected chi connectivity index (χ4v) is 5.82. The van der Waals surface area contributed by atoms with Gasteiger partial charge in [-0.05, 0) is 74.3 Å². The van der Waals surface area contributed by atoms with Crippen LogP contribution in [0.25, 0.3) is 11.0 Å². The number of carbonyl (C=O) groups excluding carboxylic acids is 1. The quantitative estimate of drug-likeness (QED) is 0.147. The summed E-state index contributed by atoms with van der Waals surface area (Å²) in [5.74, 6) is 1.02. The Kier molecular flexibility index (Phi) is 10.2. The van der Waals surface area contributed by atoms with Gasteiger partial charge in [-0.25, -0.2) is 0 Å². The van der Waals surface area contributed by atoms with Gasteiger partial charge >= 0.3 is 0 Å². The van der Waals surface area contributed by atoms with Crippen molar-refractivity contribution in [1.29, 1.82) is 0 Å². The maximum atomic E-state index is 13.9. The second-order valence-electron chi connectivity index (χ2n) is 11.2. The minimum absolute atomic E-state index is 0.130. The Morgan fingerprint density at radius 3 is 2.26 bits per heavy atom. The molecule has 1 aliphatic rings. The molecule has 4 aromatic rings. The normalized spacial score (nSPS) is 14.5. The fraction of sp³-hybridized carbons (Fsp3) is 0.389. The number of para-hydroxylation sites is 1. The molecule has 1 aliphatic heterocycles. The Morgan fingerprint density at radius 2 is 1.53 bits per heavy atom. The van der Waals surface area contributed by atoms with Gasteiger partial charge in [0, 0.05) is 6.54 Å². The molecule has 0 N–H and O–H groups in total. The van der Waals surface area contributed by atoms with E-state index in [0.717, 1.165) is 62.9 Å². The van der Waals surface area contributed by atoms with E-state index in [1.165, 1.54) is 0 Å². The van der Waals surface area contributed by atoms with Crippen molar-refractivity contribution in [2.45, 2.75) is 58.6 Å². The molecule has 3 aromatic carbocycles. The van der Waals surface area contributed by atoms with Crippen molar-refractivity contribution in [3.63, 3.8) is 0 Å². The average molecular weight is 583 g/mol. The number of nitrogens with zero attached hydrogens (tertiary/aromatic N) is 2. The number of ether oxygens (including phenoxy) is 2. The fourth-order valence-electron chi connectivity index (χ4n) is 5.82. The molecule has 5 rings (SSSR count). The van der Waals surface area contributed by atoms with E-state index in [1.807, 2.05) is 60.7 Å². The number of amides is 1. The number of rotatable bonds is 15. The molecule has 1 atom stereocenters. The first-order chi connectivity index (χ1) is 21.0. The maximum Gasteiger partial charge on any atom is 0.290 e. The zero-order valence-corrected chi connectivity index (χ0v) is 25.5. The molecular weight excluding hydrogens is 540 g/mol. The molecule has 0 fully saturated rings. The molecule has 0 aliphatic carbocycles. The lowest BCUT2D eigenvalue weighted by Gasteiger charge is -2.28. The van der Waals surface area contributed by atoms with Gasteiger partial charge in [0.1, 0.15) is 12.2 Å². The van der Waals surface area contributed by atoms with Gasteiger partial charge in [-0.1, -0.05) is 75.2 Å². The van der Waals surface area contributed by atoms with Gasteiger partial charge in [0.05, 0.1) is 24.1 Å². The second kappa shape index (κ2) is 14.4. The highest BCUT2D eigenvalue weighted by atomic mass is 16.5. The van der Waals surface area contributed by atoms with Gasteiger partial charge in [-0.15, -0.1) is 0 Å². The topological polar surface area (TPSA) is 72.2 Å². The first-order valence-corrected chi connectivity index (χ1v) is 15.5. The Balaban J connectivity index is 1.46. The van der Waals surface area contributed by atoms with Crippen molar-refractivity contribution >= 4 is 16.9 Å². The lowest BCUT2D eigenvalue weighted by Crippen LogP contribution is -2.34. The first kappa shape index (κ1) is 30.4. The zero-order chi connectivity index (χ0) is 30.2. The van der Waals surface area contributed by atoms with E-state index in [4.69, 9.17) is 13.9 Å². The Morgan fingerprint density at radius 1 is 0.837 bits per heavy atom. The Hall–Kier alpha value is -4.10. The number of unbranched alkanes of at least 4 members (excludes halogenated alkanes) is 2. The van der Waals surface area contributed by atoms with Gasteiger partial charge < -0.3 is 23.7 Å². The number of hydrogen-bond acceptors (Lipinski definition) is 6.